The van der Waals surface area contributed by atoms with Crippen molar-refractivity contribution < 1.29 is 9.53 Å². The summed E-state index contributed by atoms with van der Waals surface area (Å²) in [7, 11) is 3.96. The minimum absolute atomic E-state index is 0.310. The average molecular weight is 328 g/mol. The van der Waals surface area contributed by atoms with E-state index >= 15 is 0 Å². The molecule has 24 heavy (non-hydrogen) atoms. The number of hydrogen-bond acceptors (Lipinski definition) is 7. The van der Waals surface area contributed by atoms with Crippen LogP contribution < -0.4 is 10.2 Å². The molecule has 1 aliphatic heterocycles. The van der Waals surface area contributed by atoms with E-state index in [-0.39, 0.29) is 5.97 Å². The first-order valence-electron chi connectivity index (χ1n) is 7.73. The van der Waals surface area contributed by atoms with Crippen LogP contribution in [0.4, 0.5) is 11.6 Å². The van der Waals surface area contributed by atoms with Crippen LogP contribution in [0, 0.1) is 0 Å². The minimum Gasteiger partial charge on any atom is -0.463 e. The number of ether oxygens (including phenoxy) is 1. The molecule has 2 aromatic rings. The molecule has 0 bridgehead atoms. The van der Waals surface area contributed by atoms with Gasteiger partial charge >= 0.3 is 5.97 Å². The average Bonchev–Trinajstić information content (AvgIpc) is 3.01. The lowest BCUT2D eigenvalue weighted by molar-refractivity contribution is -0.139. The maximum absolute atomic E-state index is 12.5. The SMILES string of the molecule is CCOC(=O)C1=C(C)Nc2nnnn2[C@@H]1c1ccc(N(C)C)cc1. The van der Waals surface area contributed by atoms with E-state index in [1.54, 1.807) is 11.6 Å². The highest BCUT2D eigenvalue weighted by molar-refractivity contribution is 5.92. The summed E-state index contributed by atoms with van der Waals surface area (Å²) in [5.41, 5.74) is 3.19. The predicted octanol–water partition coefficient (Wildman–Crippen LogP) is 1.59. The van der Waals surface area contributed by atoms with E-state index in [1.165, 1.54) is 0 Å². The molecule has 1 atom stereocenters. The maximum atomic E-state index is 12.5. The van der Waals surface area contributed by atoms with Crippen LogP contribution in [0.25, 0.3) is 0 Å². The van der Waals surface area contributed by atoms with Crippen LogP contribution >= 0.6 is 0 Å². The normalized spacial score (nSPS) is 16.4. The molecular formula is C16H20N6O2. The van der Waals surface area contributed by atoms with Gasteiger partial charge in [0.25, 0.3) is 0 Å². The molecule has 0 amide bonds. The third-order valence-electron chi connectivity index (χ3n) is 3.93. The fourth-order valence-electron chi connectivity index (χ4n) is 2.75. The highest BCUT2D eigenvalue weighted by Gasteiger charge is 2.34. The summed E-state index contributed by atoms with van der Waals surface area (Å²) in [6.07, 6.45) is 0. The Morgan fingerprint density at radius 2 is 2.04 bits per heavy atom. The number of fused-ring (bicyclic) bond motifs is 1. The molecule has 1 aromatic heterocycles. The number of aromatic nitrogens is 4. The van der Waals surface area contributed by atoms with Crippen LogP contribution in [0.15, 0.2) is 35.5 Å². The number of nitrogens with zero attached hydrogens (tertiary/aromatic N) is 5. The fourth-order valence-corrected chi connectivity index (χ4v) is 2.75. The Morgan fingerprint density at radius 1 is 1.33 bits per heavy atom. The Kier molecular flexibility index (Phi) is 4.20. The lowest BCUT2D eigenvalue weighted by atomic mass is 9.95. The molecule has 1 N–H and O–H groups in total. The van der Waals surface area contributed by atoms with Crippen LogP contribution in [0.5, 0.6) is 0 Å². The van der Waals surface area contributed by atoms with Gasteiger partial charge in [-0.05, 0) is 42.0 Å². The molecule has 0 radical (unpaired) electrons. The quantitative estimate of drug-likeness (QED) is 0.853. The number of hydrogen-bond donors (Lipinski definition) is 1. The molecule has 1 aliphatic rings. The Bertz CT molecular complexity index is 778. The van der Waals surface area contributed by atoms with Gasteiger partial charge in [-0.1, -0.05) is 17.2 Å². The summed E-state index contributed by atoms with van der Waals surface area (Å²) in [5, 5.41) is 14.8. The van der Waals surface area contributed by atoms with Gasteiger partial charge in [0, 0.05) is 25.5 Å². The van der Waals surface area contributed by atoms with Crippen molar-refractivity contribution >= 4 is 17.6 Å². The van der Waals surface area contributed by atoms with E-state index in [4.69, 9.17) is 4.74 Å². The zero-order chi connectivity index (χ0) is 17.3. The summed E-state index contributed by atoms with van der Waals surface area (Å²) in [5.74, 6) is 0.132. The van der Waals surface area contributed by atoms with Crippen LogP contribution in [-0.4, -0.2) is 46.9 Å². The summed E-state index contributed by atoms with van der Waals surface area (Å²) >= 11 is 0. The second-order valence-electron chi connectivity index (χ2n) is 5.72. The monoisotopic (exact) mass is 328 g/mol. The second kappa shape index (κ2) is 6.31. The summed E-state index contributed by atoms with van der Waals surface area (Å²) in [6, 6.07) is 7.53. The highest BCUT2D eigenvalue weighted by Crippen LogP contribution is 2.35. The van der Waals surface area contributed by atoms with E-state index < -0.39 is 6.04 Å². The number of rotatable bonds is 4. The van der Waals surface area contributed by atoms with E-state index in [0.29, 0.717) is 23.8 Å². The molecule has 0 spiro atoms. The molecule has 126 valence electrons. The smallest absolute Gasteiger partial charge is 0.338 e. The number of tetrazole rings is 1. The zero-order valence-corrected chi connectivity index (χ0v) is 14.1. The van der Waals surface area contributed by atoms with Gasteiger partial charge in [-0.25, -0.2) is 4.79 Å². The molecule has 0 saturated carbocycles. The Morgan fingerprint density at radius 3 is 2.67 bits per heavy atom. The summed E-state index contributed by atoms with van der Waals surface area (Å²) in [4.78, 5) is 14.5. The van der Waals surface area contributed by atoms with Crippen molar-refractivity contribution in [2.45, 2.75) is 19.9 Å². The lowest BCUT2D eigenvalue weighted by Crippen LogP contribution is -2.29. The molecule has 2 heterocycles. The zero-order valence-electron chi connectivity index (χ0n) is 14.1. The Balaban J connectivity index is 2.08. The van der Waals surface area contributed by atoms with Crippen molar-refractivity contribution in [2.75, 3.05) is 30.9 Å². The van der Waals surface area contributed by atoms with Gasteiger partial charge in [-0.15, -0.1) is 0 Å². The fraction of sp³-hybridized carbons (Fsp3) is 0.375. The number of nitrogens with one attached hydrogen (secondary N) is 1. The first kappa shape index (κ1) is 16.0. The van der Waals surface area contributed by atoms with Crippen LogP contribution in [0.1, 0.15) is 25.5 Å². The number of anilines is 2. The van der Waals surface area contributed by atoms with Crippen molar-refractivity contribution in [1.29, 1.82) is 0 Å². The molecule has 0 unspecified atom stereocenters. The van der Waals surface area contributed by atoms with Crippen molar-refractivity contribution in [3.05, 3.63) is 41.1 Å². The van der Waals surface area contributed by atoms with Gasteiger partial charge < -0.3 is 15.0 Å². The molecule has 3 rings (SSSR count). The van der Waals surface area contributed by atoms with E-state index in [2.05, 4.69) is 20.8 Å². The van der Waals surface area contributed by atoms with Gasteiger partial charge in [0.05, 0.1) is 12.2 Å². The largest absolute Gasteiger partial charge is 0.463 e. The van der Waals surface area contributed by atoms with Crippen molar-refractivity contribution in [3.63, 3.8) is 0 Å². The van der Waals surface area contributed by atoms with E-state index in [1.807, 2.05) is 50.2 Å². The van der Waals surface area contributed by atoms with Gasteiger partial charge in [0.2, 0.25) is 5.95 Å². The second-order valence-corrected chi connectivity index (χ2v) is 5.72. The number of allylic oxidation sites excluding steroid dienone is 1. The third-order valence-corrected chi connectivity index (χ3v) is 3.93. The molecule has 0 fully saturated rings. The number of carbonyl (C=O) groups is 1. The molecule has 8 heteroatoms. The van der Waals surface area contributed by atoms with Gasteiger partial charge in [0.15, 0.2) is 0 Å². The molecule has 0 saturated heterocycles. The molecular weight excluding hydrogens is 308 g/mol. The van der Waals surface area contributed by atoms with Gasteiger partial charge in [0.1, 0.15) is 6.04 Å². The molecule has 0 aliphatic carbocycles. The van der Waals surface area contributed by atoms with E-state index in [0.717, 1.165) is 11.3 Å². The molecule has 1 aromatic carbocycles. The highest BCUT2D eigenvalue weighted by atomic mass is 16.5. The Hall–Kier alpha value is -2.90. The third kappa shape index (κ3) is 2.70. The summed E-state index contributed by atoms with van der Waals surface area (Å²) in [6.45, 7) is 3.92. The van der Waals surface area contributed by atoms with Gasteiger partial charge in [-0.3, -0.25) is 0 Å². The number of esters is 1. The Labute approximate surface area is 140 Å². The number of benzene rings is 1. The van der Waals surface area contributed by atoms with Crippen molar-refractivity contribution in [1.82, 2.24) is 20.2 Å². The van der Waals surface area contributed by atoms with Crippen LogP contribution in [0.3, 0.4) is 0 Å². The van der Waals surface area contributed by atoms with Gasteiger partial charge in [-0.2, -0.15) is 4.68 Å². The molecule has 8 nitrogen and oxygen atoms in total. The standard InChI is InChI=1S/C16H20N6O2/c1-5-24-15(23)13-10(2)17-16-18-19-20-22(16)14(13)11-6-8-12(9-7-11)21(3)4/h6-9,14H,5H2,1-4H3,(H,17,18,20)/t14-/m1/s1. The lowest BCUT2D eigenvalue weighted by Gasteiger charge is -2.27. The predicted molar refractivity (Wildman–Crippen MR) is 89.7 cm³/mol. The maximum Gasteiger partial charge on any atom is 0.338 e. The van der Waals surface area contributed by atoms with Crippen LogP contribution in [-0.2, 0) is 9.53 Å². The first-order chi connectivity index (χ1) is 11.5. The number of carbonyl (C=O) groups excluding carboxylic acids is 1. The first-order valence-corrected chi connectivity index (χ1v) is 7.73. The van der Waals surface area contributed by atoms with Crippen molar-refractivity contribution in [2.24, 2.45) is 0 Å². The minimum atomic E-state index is -0.425. The van der Waals surface area contributed by atoms with Crippen LogP contribution in [0.2, 0.25) is 0 Å². The topological polar surface area (TPSA) is 85.2 Å². The van der Waals surface area contributed by atoms with Crippen molar-refractivity contribution in [3.8, 4) is 0 Å². The van der Waals surface area contributed by atoms with E-state index in [9.17, 15) is 4.79 Å². The summed E-state index contributed by atoms with van der Waals surface area (Å²) < 4.78 is 6.83.